The Morgan fingerprint density at radius 3 is 1.27 bits per heavy atom. The van der Waals surface area contributed by atoms with Crippen molar-refractivity contribution in [3.05, 3.63) is 4.72 Å². The molecular formula is C59H117F3KNO21SSi5. The molecule has 0 heterocycles. The van der Waals surface area contributed by atoms with Gasteiger partial charge in [-0.2, -0.15) is 13.2 Å². The van der Waals surface area contributed by atoms with Gasteiger partial charge in [0.1, 0.15) is 12.2 Å². The van der Waals surface area contributed by atoms with Crippen molar-refractivity contribution in [2.24, 2.45) is 34.5 Å². The third-order valence-electron chi connectivity index (χ3n) is 15.1. The molecule has 0 aromatic carbocycles. The van der Waals surface area contributed by atoms with Crippen LogP contribution in [0.25, 0.3) is 4.72 Å². The van der Waals surface area contributed by atoms with Crippen LogP contribution in [0.15, 0.2) is 0 Å². The first-order chi connectivity index (χ1) is 41.5. The number of sulfonamides is 1. The van der Waals surface area contributed by atoms with Crippen molar-refractivity contribution in [1.29, 1.82) is 0 Å². The summed E-state index contributed by atoms with van der Waals surface area (Å²) < 4.78 is 148. The van der Waals surface area contributed by atoms with Crippen LogP contribution in [0.4, 0.5) is 13.2 Å². The predicted octanol–water partition coefficient (Wildman–Crippen LogP) is 8.57. The number of esters is 3. The van der Waals surface area contributed by atoms with Gasteiger partial charge in [-0.15, -0.1) is 0 Å². The van der Waals surface area contributed by atoms with Crippen LogP contribution in [-0.2, 0) is 97.8 Å². The van der Waals surface area contributed by atoms with Crippen molar-refractivity contribution in [2.45, 2.75) is 202 Å². The summed E-state index contributed by atoms with van der Waals surface area (Å²) in [5, 5.41) is 0. The minimum absolute atomic E-state index is 0. The van der Waals surface area contributed by atoms with E-state index >= 15 is 0 Å². The number of hydrogen-bond donors (Lipinski definition) is 0. The Bertz CT molecular complexity index is 2190. The van der Waals surface area contributed by atoms with Crippen LogP contribution in [0.3, 0.4) is 0 Å². The fourth-order valence-electron chi connectivity index (χ4n) is 11.0. The maximum Gasteiger partial charge on any atom is 1.00 e. The Morgan fingerprint density at radius 2 is 0.912 bits per heavy atom. The van der Waals surface area contributed by atoms with Gasteiger partial charge in [0.25, 0.3) is 0 Å². The van der Waals surface area contributed by atoms with E-state index in [9.17, 15) is 40.8 Å². The van der Waals surface area contributed by atoms with Crippen molar-refractivity contribution in [3.63, 3.8) is 0 Å². The molecule has 4 bridgehead atoms. The topological polar surface area (TPSA) is 255 Å². The first-order valence-electron chi connectivity index (χ1n) is 32.0. The van der Waals surface area contributed by atoms with Gasteiger partial charge in [0.2, 0.25) is 0 Å². The molecule has 4 rings (SSSR count). The zero-order chi connectivity index (χ0) is 68.7. The smallest absolute Gasteiger partial charge is 0.538 e. The molecule has 4 fully saturated rings. The van der Waals surface area contributed by atoms with E-state index < -0.39 is 86.2 Å². The van der Waals surface area contributed by atoms with Gasteiger partial charge in [-0.05, 0) is 168 Å². The van der Waals surface area contributed by atoms with Crippen molar-refractivity contribution >= 4 is 76.2 Å². The quantitative estimate of drug-likeness (QED) is 0.0239. The van der Waals surface area contributed by atoms with Gasteiger partial charge in [-0.25, -0.2) is 8.42 Å². The van der Waals surface area contributed by atoms with Gasteiger partial charge >= 0.3 is 100 Å². The minimum atomic E-state index is -5.89. The zero-order valence-electron chi connectivity index (χ0n) is 59.2. The van der Waals surface area contributed by atoms with Gasteiger partial charge < -0.3 is 78.1 Å². The molecule has 4 aliphatic carbocycles. The first kappa shape index (κ1) is 90.9. The van der Waals surface area contributed by atoms with Gasteiger partial charge in [-0.1, -0.05) is 34.6 Å². The molecule has 0 aromatic rings. The largest absolute Gasteiger partial charge is 1.00 e. The van der Waals surface area contributed by atoms with Crippen molar-refractivity contribution in [2.75, 3.05) is 119 Å². The van der Waals surface area contributed by atoms with E-state index in [2.05, 4.69) is 76.7 Å². The molecule has 0 aliphatic heterocycles. The Labute approximate surface area is 592 Å². The Morgan fingerprint density at radius 1 is 0.549 bits per heavy atom. The monoisotopic (exact) mass is 1440 g/mol. The molecule has 4 atom stereocenters. The third-order valence-corrected chi connectivity index (χ3v) is 34.1. The second kappa shape index (κ2) is 43.4. The summed E-state index contributed by atoms with van der Waals surface area (Å²) in [5.74, 6) is -2.03. The summed E-state index contributed by atoms with van der Waals surface area (Å²) in [6.45, 7) is 45.1. The van der Waals surface area contributed by atoms with Crippen molar-refractivity contribution < 1.29 is 161 Å². The molecular weight excluding hydrogens is 1330 g/mol. The van der Waals surface area contributed by atoms with E-state index in [0.717, 1.165) is 31.7 Å². The molecule has 32 heteroatoms. The van der Waals surface area contributed by atoms with Crippen LogP contribution in [-0.4, -0.2) is 205 Å². The summed E-state index contributed by atoms with van der Waals surface area (Å²) in [5.41, 5.74) is -8.56. The normalized spacial score (nSPS) is 20.1. The maximum absolute atomic E-state index is 12.7. The minimum Gasteiger partial charge on any atom is -0.538 e. The van der Waals surface area contributed by atoms with Crippen LogP contribution < -0.4 is 51.4 Å². The molecule has 0 N–H and O–H groups in total. The average molecular weight is 1450 g/mol. The van der Waals surface area contributed by atoms with E-state index in [1.165, 1.54) is 0 Å². The number of hydrogen-bond acceptors (Lipinski definition) is 21. The van der Waals surface area contributed by atoms with Gasteiger partial charge in [0.05, 0.1) is 129 Å². The molecule has 91 heavy (non-hydrogen) atoms. The van der Waals surface area contributed by atoms with E-state index in [4.69, 9.17) is 68.6 Å². The van der Waals surface area contributed by atoms with Crippen LogP contribution in [0.5, 0.6) is 0 Å². The number of alkyl halides is 3. The average Bonchev–Trinajstić information content (AvgIpc) is 0.717. The summed E-state index contributed by atoms with van der Waals surface area (Å²) in [6.07, 6.45) is 5.48. The number of methoxy groups -OCH3 is 1. The molecule has 0 radical (unpaired) electrons. The molecule has 1 amide bonds. The maximum atomic E-state index is 12.7. The Hall–Kier alpha value is -0.139. The fourth-order valence-corrected chi connectivity index (χ4v) is 35.3. The summed E-state index contributed by atoms with van der Waals surface area (Å²) in [7, 11) is -14.9. The van der Waals surface area contributed by atoms with Gasteiger partial charge in [0, 0.05) is 12.5 Å². The molecule has 4 aliphatic rings. The number of nitrogens with zero attached hydrogens (tertiary/aromatic N) is 1. The summed E-state index contributed by atoms with van der Waals surface area (Å²) in [6, 6.07) is 0.933. The van der Waals surface area contributed by atoms with Gasteiger partial charge in [-0.3, -0.25) is 14.4 Å². The molecule has 0 spiro atoms. The second-order valence-electron chi connectivity index (χ2n) is 27.2. The van der Waals surface area contributed by atoms with Crippen LogP contribution in [0, 0.1) is 34.5 Å². The van der Waals surface area contributed by atoms with Crippen LogP contribution in [0.1, 0.15) is 113 Å². The molecule has 4 unspecified atom stereocenters. The van der Waals surface area contributed by atoms with E-state index in [-0.39, 0.29) is 113 Å². The standard InChI is InChI=1S/C22H44O10.C19H48O6Si5.C18H26F3NO5S.K/c1-4-21(2)22(23)32-20-19-31-18-17-30-16-15-29-14-13-28-12-11-27-10-9-26-8-7-25-6-5-24-3;1-14-18(2)19(20)21-16-15-17-27(6,7)23-29(10,11)25-30(12,13)24-28(8,9)22-26(3,4)5;1-4-15(2,3)14(24)27-17-8-11-5-12(9-17)7-16(6-11,10-17)13(23)22-28(25,26)18(19,20)21;/h21H,4-20H2,1-3H3;18H,14-17H2,1-13H3;11-12H,4-10H2,1-3H3,(H,22,23);/q;;;+1/p-1. The van der Waals surface area contributed by atoms with E-state index in [1.807, 2.05) is 34.6 Å². The SMILES string of the molecule is CCC(C)(C)C(=O)OC12CC3CC(C1)CC(C(=O)[N-]S(=O)(=O)C(F)(F)F)(C3)C2.CCC(C)C(=O)OCCC[Si](C)(C)O[Si](C)(C)O[Si](C)(C)O[Si](C)(C)O[Si](C)(C)C.CCC(C)C(=O)OCCOCCOCCOCCOCCOCCOCCOCCOC.[K+]. The summed E-state index contributed by atoms with van der Waals surface area (Å²) >= 11 is 0. The van der Waals surface area contributed by atoms with Crippen LogP contribution >= 0.6 is 0 Å². The third kappa shape index (κ3) is 38.7. The fraction of sp³-hybridized carbons (Fsp3) is 0.932. The molecule has 0 aromatic heterocycles. The van der Waals surface area contributed by atoms with Crippen molar-refractivity contribution in [1.82, 2.24) is 0 Å². The number of carbonyl (C=O) groups is 4. The molecule has 532 valence electrons. The Kier molecular flexibility index (Phi) is 43.3. The second-order valence-corrected chi connectivity index (χ2v) is 48.7. The van der Waals surface area contributed by atoms with Gasteiger partial charge in [0.15, 0.2) is 26.7 Å². The number of amides is 1. The number of halogens is 3. The predicted molar refractivity (Wildman–Crippen MR) is 349 cm³/mol. The molecule has 0 saturated heterocycles. The Balaban J connectivity index is 0.00000133. The number of ether oxygens (including phenoxy) is 11. The van der Waals surface area contributed by atoms with E-state index in [0.29, 0.717) is 125 Å². The first-order valence-corrected chi connectivity index (χ1v) is 48.5. The number of carbonyl (C=O) groups excluding carboxylic acids is 4. The van der Waals surface area contributed by atoms with Crippen molar-refractivity contribution in [3.8, 4) is 0 Å². The summed E-state index contributed by atoms with van der Waals surface area (Å²) in [4.78, 5) is 48.6. The molecule has 22 nitrogen and oxygen atoms in total. The molecule has 4 saturated carbocycles. The van der Waals surface area contributed by atoms with E-state index in [1.54, 1.807) is 21.0 Å². The zero-order valence-corrected chi connectivity index (χ0v) is 68.1. The number of rotatable bonds is 45. The van der Waals surface area contributed by atoms with Crippen LogP contribution in [0.2, 0.25) is 78.1 Å².